The number of methoxy groups -OCH3 is 3. The molecule has 0 radical (unpaired) electrons. The van der Waals surface area contributed by atoms with E-state index >= 15 is 0 Å². The van der Waals surface area contributed by atoms with E-state index in [0.29, 0.717) is 47.7 Å². The second kappa shape index (κ2) is 9.22. The van der Waals surface area contributed by atoms with E-state index in [4.69, 9.17) is 18.6 Å². The average molecular weight is 379 g/mol. The van der Waals surface area contributed by atoms with Crippen molar-refractivity contribution in [3.05, 3.63) is 18.0 Å². The van der Waals surface area contributed by atoms with E-state index in [1.165, 1.54) is 0 Å². The molecule has 0 aliphatic heterocycles. The number of hydrogen-bond donors (Lipinski definition) is 2. The third-order valence-electron chi connectivity index (χ3n) is 3.74. The van der Waals surface area contributed by atoms with E-state index in [1.807, 2.05) is 20.9 Å². The number of carbonyl (C=O) groups is 1. The van der Waals surface area contributed by atoms with Crippen LogP contribution in [0.5, 0.6) is 17.2 Å². The van der Waals surface area contributed by atoms with Gasteiger partial charge >= 0.3 is 0 Å². The molecule has 9 nitrogen and oxygen atoms in total. The summed E-state index contributed by atoms with van der Waals surface area (Å²) in [5.74, 6) is 2.24. The normalized spacial score (nSPS) is 12.0. The summed E-state index contributed by atoms with van der Waals surface area (Å²) in [7, 11) is 6.52. The lowest BCUT2D eigenvalue weighted by Crippen LogP contribution is -3.09. The molecular formula is C18H27N4O5+. The predicted molar refractivity (Wildman–Crippen MR) is 98.1 cm³/mol. The fraction of sp³-hybridized carbons (Fsp3) is 0.500. The highest BCUT2D eigenvalue weighted by atomic mass is 16.5. The third kappa shape index (κ3) is 5.33. The highest BCUT2D eigenvalue weighted by Crippen LogP contribution is 2.40. The number of benzene rings is 1. The number of carbonyl (C=O) groups excluding carboxylic acids is 1. The molecule has 1 amide bonds. The number of likely N-dealkylation sites (N-methyl/N-ethyl adjacent to an activating group) is 1. The molecule has 0 fully saturated rings. The molecule has 0 aliphatic rings. The van der Waals surface area contributed by atoms with Crippen LogP contribution in [-0.4, -0.2) is 57.1 Å². The fourth-order valence-corrected chi connectivity index (χ4v) is 2.61. The van der Waals surface area contributed by atoms with E-state index in [1.54, 1.807) is 33.5 Å². The van der Waals surface area contributed by atoms with Gasteiger partial charge in [-0.1, -0.05) is 0 Å². The fourth-order valence-electron chi connectivity index (χ4n) is 2.61. The SMILES string of the molecule is COc1cc(-c2nnc(C[NH+](C)CC(=O)NC(C)C)o2)cc(OC)c1OC. The van der Waals surface area contributed by atoms with Crippen molar-refractivity contribution in [1.82, 2.24) is 15.5 Å². The molecule has 0 bridgehead atoms. The van der Waals surface area contributed by atoms with Crippen LogP contribution in [0.4, 0.5) is 0 Å². The lowest BCUT2D eigenvalue weighted by atomic mass is 10.2. The summed E-state index contributed by atoms with van der Waals surface area (Å²) >= 11 is 0. The Labute approximate surface area is 158 Å². The van der Waals surface area contributed by atoms with Gasteiger partial charge in [-0.25, -0.2) is 0 Å². The van der Waals surface area contributed by atoms with Crippen LogP contribution in [-0.2, 0) is 11.3 Å². The van der Waals surface area contributed by atoms with E-state index in [-0.39, 0.29) is 11.9 Å². The largest absolute Gasteiger partial charge is 0.493 e. The van der Waals surface area contributed by atoms with Crippen molar-refractivity contribution in [2.45, 2.75) is 26.4 Å². The Kier molecular flexibility index (Phi) is 7.00. The molecule has 0 saturated carbocycles. The molecule has 1 heterocycles. The van der Waals surface area contributed by atoms with Gasteiger partial charge in [0.1, 0.15) is 0 Å². The van der Waals surface area contributed by atoms with E-state index in [9.17, 15) is 4.79 Å². The van der Waals surface area contributed by atoms with Gasteiger partial charge in [0.15, 0.2) is 24.6 Å². The number of amides is 1. The van der Waals surface area contributed by atoms with Crippen molar-refractivity contribution < 1.29 is 28.3 Å². The van der Waals surface area contributed by atoms with Crippen molar-refractivity contribution in [3.63, 3.8) is 0 Å². The summed E-state index contributed by atoms with van der Waals surface area (Å²) in [5.41, 5.74) is 0.651. The van der Waals surface area contributed by atoms with Gasteiger partial charge in [0.2, 0.25) is 11.6 Å². The standard InChI is InChI=1S/C18H26N4O5/c1-11(2)19-15(23)9-22(3)10-16-20-21-18(27-16)12-7-13(24-4)17(26-6)14(8-12)25-5/h7-8,11H,9-10H2,1-6H3,(H,19,23)/p+1. The van der Waals surface area contributed by atoms with Gasteiger partial charge in [-0.05, 0) is 26.0 Å². The van der Waals surface area contributed by atoms with Crippen LogP contribution >= 0.6 is 0 Å². The Bertz CT molecular complexity index is 750. The number of ether oxygens (including phenoxy) is 3. The molecule has 1 aromatic heterocycles. The summed E-state index contributed by atoms with van der Waals surface area (Å²) in [6.45, 7) is 4.60. The number of quaternary nitrogens is 1. The second-order valence-corrected chi connectivity index (χ2v) is 6.45. The molecule has 0 spiro atoms. The van der Waals surface area contributed by atoms with Crippen LogP contribution in [0.3, 0.4) is 0 Å². The number of aromatic nitrogens is 2. The molecule has 2 aromatic rings. The summed E-state index contributed by atoms with van der Waals surface area (Å²) in [5, 5.41) is 11.0. The van der Waals surface area contributed by atoms with Gasteiger partial charge in [-0.15, -0.1) is 10.2 Å². The van der Waals surface area contributed by atoms with Gasteiger partial charge in [-0.2, -0.15) is 0 Å². The van der Waals surface area contributed by atoms with Crippen molar-refractivity contribution in [3.8, 4) is 28.7 Å². The first-order valence-electron chi connectivity index (χ1n) is 8.61. The summed E-state index contributed by atoms with van der Waals surface area (Å²) < 4.78 is 21.8. The highest BCUT2D eigenvalue weighted by Gasteiger charge is 2.19. The number of rotatable bonds is 9. The molecule has 1 unspecified atom stereocenters. The van der Waals surface area contributed by atoms with E-state index < -0.39 is 0 Å². The van der Waals surface area contributed by atoms with Gasteiger partial charge < -0.3 is 28.8 Å². The van der Waals surface area contributed by atoms with Crippen molar-refractivity contribution in [2.24, 2.45) is 0 Å². The zero-order chi connectivity index (χ0) is 20.0. The molecule has 148 valence electrons. The van der Waals surface area contributed by atoms with Crippen LogP contribution in [0, 0.1) is 0 Å². The van der Waals surface area contributed by atoms with Crippen LogP contribution in [0.1, 0.15) is 19.7 Å². The molecular weight excluding hydrogens is 352 g/mol. The molecule has 2 rings (SSSR count). The number of nitrogens with zero attached hydrogens (tertiary/aromatic N) is 2. The minimum absolute atomic E-state index is 0.0214. The zero-order valence-electron chi connectivity index (χ0n) is 16.6. The van der Waals surface area contributed by atoms with Gasteiger partial charge in [0.25, 0.3) is 11.8 Å². The van der Waals surface area contributed by atoms with Gasteiger partial charge in [-0.3, -0.25) is 4.79 Å². The highest BCUT2D eigenvalue weighted by molar-refractivity contribution is 5.77. The lowest BCUT2D eigenvalue weighted by Gasteiger charge is -2.13. The topological polar surface area (TPSA) is 100 Å². The quantitative estimate of drug-likeness (QED) is 0.646. The monoisotopic (exact) mass is 379 g/mol. The minimum atomic E-state index is -0.0214. The Hall–Kier alpha value is -2.81. The van der Waals surface area contributed by atoms with Gasteiger partial charge in [0.05, 0.1) is 28.4 Å². The lowest BCUT2D eigenvalue weighted by molar-refractivity contribution is -0.886. The van der Waals surface area contributed by atoms with E-state index in [2.05, 4.69) is 15.5 Å². The Morgan fingerprint density at radius 3 is 2.30 bits per heavy atom. The van der Waals surface area contributed by atoms with Crippen molar-refractivity contribution in [1.29, 1.82) is 0 Å². The van der Waals surface area contributed by atoms with Crippen LogP contribution in [0.25, 0.3) is 11.5 Å². The second-order valence-electron chi connectivity index (χ2n) is 6.45. The van der Waals surface area contributed by atoms with Crippen molar-refractivity contribution in [2.75, 3.05) is 34.9 Å². The first-order valence-corrected chi connectivity index (χ1v) is 8.61. The van der Waals surface area contributed by atoms with Crippen molar-refractivity contribution >= 4 is 5.91 Å². The summed E-state index contributed by atoms with van der Waals surface area (Å²) in [6, 6.07) is 3.59. The zero-order valence-corrected chi connectivity index (χ0v) is 16.6. The predicted octanol–water partition coefficient (Wildman–Crippen LogP) is 0.302. The third-order valence-corrected chi connectivity index (χ3v) is 3.74. The average Bonchev–Trinajstić information content (AvgIpc) is 3.07. The van der Waals surface area contributed by atoms with Gasteiger partial charge in [0, 0.05) is 11.6 Å². The smallest absolute Gasteiger partial charge is 0.275 e. The molecule has 1 atom stereocenters. The molecule has 2 N–H and O–H groups in total. The summed E-state index contributed by atoms with van der Waals surface area (Å²) in [6.07, 6.45) is 0. The van der Waals surface area contributed by atoms with Crippen LogP contribution in [0.2, 0.25) is 0 Å². The Morgan fingerprint density at radius 2 is 1.78 bits per heavy atom. The molecule has 0 saturated heterocycles. The maximum Gasteiger partial charge on any atom is 0.275 e. The first kappa shape index (κ1) is 20.5. The summed E-state index contributed by atoms with van der Waals surface area (Å²) in [4.78, 5) is 12.8. The van der Waals surface area contributed by atoms with E-state index in [0.717, 1.165) is 4.90 Å². The van der Waals surface area contributed by atoms with Crippen LogP contribution in [0.15, 0.2) is 16.5 Å². The van der Waals surface area contributed by atoms with Crippen LogP contribution < -0.4 is 24.4 Å². The minimum Gasteiger partial charge on any atom is -0.493 e. The first-order chi connectivity index (χ1) is 12.9. The number of nitrogens with one attached hydrogen (secondary N) is 2. The molecule has 0 aliphatic carbocycles. The number of hydrogen-bond acceptors (Lipinski definition) is 7. The molecule has 27 heavy (non-hydrogen) atoms. The Morgan fingerprint density at radius 1 is 1.15 bits per heavy atom. The molecule has 1 aromatic carbocycles. The maximum absolute atomic E-state index is 11.8. The molecule has 9 heteroatoms. The maximum atomic E-state index is 11.8. The Balaban J connectivity index is 2.14.